The van der Waals surface area contributed by atoms with Gasteiger partial charge in [0.15, 0.2) is 5.96 Å². The Kier molecular flexibility index (Phi) is 6.34. The molecule has 0 aliphatic heterocycles. The van der Waals surface area contributed by atoms with Crippen LogP contribution in [0.5, 0.6) is 0 Å². The Morgan fingerprint density at radius 2 is 2.10 bits per heavy atom. The average Bonchev–Trinajstić information content (AvgIpc) is 3.05. The highest BCUT2D eigenvalue weighted by Crippen LogP contribution is 2.40. The molecule has 2 aliphatic carbocycles. The monoisotopic (exact) mass is 295 g/mol. The van der Waals surface area contributed by atoms with Gasteiger partial charge in [0.05, 0.1) is 0 Å². The summed E-state index contributed by atoms with van der Waals surface area (Å²) < 4.78 is 5.30. The molecule has 0 spiro atoms. The molecule has 0 aromatic carbocycles. The van der Waals surface area contributed by atoms with E-state index in [1.165, 1.54) is 44.9 Å². The van der Waals surface area contributed by atoms with Crippen molar-refractivity contribution in [1.29, 1.82) is 0 Å². The van der Waals surface area contributed by atoms with Crippen LogP contribution in [0.3, 0.4) is 0 Å². The topological polar surface area (TPSA) is 45.7 Å². The van der Waals surface area contributed by atoms with E-state index in [9.17, 15) is 0 Å². The largest absolute Gasteiger partial charge is 0.385 e. The van der Waals surface area contributed by atoms with Crippen LogP contribution in [0, 0.1) is 11.3 Å². The van der Waals surface area contributed by atoms with Crippen molar-refractivity contribution in [3.05, 3.63) is 0 Å². The number of nitrogens with zero attached hydrogens (tertiary/aromatic N) is 1. The zero-order valence-electron chi connectivity index (χ0n) is 14.1. The minimum Gasteiger partial charge on any atom is -0.385 e. The van der Waals surface area contributed by atoms with Gasteiger partial charge in [-0.3, -0.25) is 4.99 Å². The normalized spacial score (nSPS) is 27.7. The maximum Gasteiger partial charge on any atom is 0.191 e. The third-order valence-corrected chi connectivity index (χ3v) is 5.26. The second-order valence-electron chi connectivity index (χ2n) is 6.91. The molecule has 4 heteroatoms. The molecule has 4 nitrogen and oxygen atoms in total. The van der Waals surface area contributed by atoms with Gasteiger partial charge in [0.25, 0.3) is 0 Å². The molecule has 0 aromatic rings. The Morgan fingerprint density at radius 3 is 2.71 bits per heavy atom. The van der Waals surface area contributed by atoms with Gasteiger partial charge in [-0.25, -0.2) is 0 Å². The van der Waals surface area contributed by atoms with E-state index in [0.29, 0.717) is 11.5 Å². The quantitative estimate of drug-likeness (QED) is 0.534. The Balaban J connectivity index is 1.76. The number of ether oxygens (including phenoxy) is 1. The zero-order chi connectivity index (χ0) is 15.1. The van der Waals surface area contributed by atoms with Gasteiger partial charge in [0.2, 0.25) is 0 Å². The van der Waals surface area contributed by atoms with Gasteiger partial charge in [-0.2, -0.15) is 0 Å². The average molecular weight is 295 g/mol. The van der Waals surface area contributed by atoms with Crippen molar-refractivity contribution in [2.45, 2.75) is 64.3 Å². The highest BCUT2D eigenvalue weighted by atomic mass is 16.5. The lowest BCUT2D eigenvalue weighted by atomic mass is 9.83. The van der Waals surface area contributed by atoms with Crippen molar-refractivity contribution in [1.82, 2.24) is 10.6 Å². The zero-order valence-corrected chi connectivity index (χ0v) is 14.1. The molecule has 0 saturated heterocycles. The number of methoxy groups -OCH3 is 1. The fourth-order valence-electron chi connectivity index (χ4n) is 3.71. The Morgan fingerprint density at radius 1 is 1.33 bits per heavy atom. The summed E-state index contributed by atoms with van der Waals surface area (Å²) in [4.78, 5) is 4.40. The predicted molar refractivity (Wildman–Crippen MR) is 88.7 cm³/mol. The lowest BCUT2D eigenvalue weighted by molar-refractivity contribution is 0.138. The van der Waals surface area contributed by atoms with E-state index in [-0.39, 0.29) is 0 Å². The Labute approximate surface area is 130 Å². The van der Waals surface area contributed by atoms with Crippen LogP contribution in [0.25, 0.3) is 0 Å². The van der Waals surface area contributed by atoms with Gasteiger partial charge in [0.1, 0.15) is 0 Å². The molecule has 0 aromatic heterocycles. The van der Waals surface area contributed by atoms with Crippen molar-refractivity contribution in [3.63, 3.8) is 0 Å². The molecule has 21 heavy (non-hydrogen) atoms. The van der Waals surface area contributed by atoms with Gasteiger partial charge in [-0.05, 0) is 43.4 Å². The van der Waals surface area contributed by atoms with Crippen molar-refractivity contribution >= 4 is 5.96 Å². The SMILES string of the molecule is CCCC1CC1NC(=NC)NCC1(CCOC)CCCC1. The molecular weight excluding hydrogens is 262 g/mol. The van der Waals surface area contributed by atoms with Crippen molar-refractivity contribution in [3.8, 4) is 0 Å². The maximum atomic E-state index is 5.30. The van der Waals surface area contributed by atoms with E-state index in [4.69, 9.17) is 4.74 Å². The molecule has 0 heterocycles. The van der Waals surface area contributed by atoms with Crippen molar-refractivity contribution in [2.75, 3.05) is 27.3 Å². The smallest absolute Gasteiger partial charge is 0.191 e. The summed E-state index contributed by atoms with van der Waals surface area (Å²) in [6.07, 6.45) is 10.5. The molecule has 122 valence electrons. The van der Waals surface area contributed by atoms with Gasteiger partial charge >= 0.3 is 0 Å². The molecule has 2 fully saturated rings. The summed E-state index contributed by atoms with van der Waals surface area (Å²) in [5.74, 6) is 1.85. The summed E-state index contributed by atoms with van der Waals surface area (Å²) in [5, 5.41) is 7.16. The van der Waals surface area contributed by atoms with Crippen molar-refractivity contribution < 1.29 is 4.74 Å². The second-order valence-corrected chi connectivity index (χ2v) is 6.91. The number of hydrogen-bond donors (Lipinski definition) is 2. The van der Waals surface area contributed by atoms with E-state index in [0.717, 1.165) is 31.4 Å². The van der Waals surface area contributed by atoms with Crippen LogP contribution >= 0.6 is 0 Å². The van der Waals surface area contributed by atoms with E-state index in [2.05, 4.69) is 22.5 Å². The number of nitrogens with one attached hydrogen (secondary N) is 2. The maximum absolute atomic E-state index is 5.30. The second kappa shape index (κ2) is 8.02. The minimum atomic E-state index is 0.417. The standard InChI is InChI=1S/C17H33N3O/c1-4-7-14-12-15(14)20-16(18-2)19-13-17(10-11-21-3)8-5-6-9-17/h14-15H,4-13H2,1-3H3,(H2,18,19,20). The van der Waals surface area contributed by atoms with Crippen LogP contribution < -0.4 is 10.6 Å². The summed E-state index contributed by atoms with van der Waals surface area (Å²) in [6, 6.07) is 0.648. The first-order valence-corrected chi connectivity index (χ1v) is 8.69. The molecule has 2 atom stereocenters. The first kappa shape index (κ1) is 16.6. The lowest BCUT2D eigenvalue weighted by Crippen LogP contribution is -2.44. The molecule has 2 saturated carbocycles. The molecule has 0 radical (unpaired) electrons. The summed E-state index contributed by atoms with van der Waals surface area (Å²) >= 11 is 0. The van der Waals surface area contributed by atoms with Gasteiger partial charge < -0.3 is 15.4 Å². The van der Waals surface area contributed by atoms with E-state index < -0.39 is 0 Å². The number of hydrogen-bond acceptors (Lipinski definition) is 2. The molecule has 2 rings (SSSR count). The lowest BCUT2D eigenvalue weighted by Gasteiger charge is -2.30. The number of rotatable bonds is 8. The van der Waals surface area contributed by atoms with Gasteiger partial charge in [-0.15, -0.1) is 0 Å². The molecule has 0 amide bonds. The Bertz CT molecular complexity index is 337. The van der Waals surface area contributed by atoms with Crippen LogP contribution in [-0.2, 0) is 4.74 Å². The molecule has 2 unspecified atom stereocenters. The van der Waals surface area contributed by atoms with Crippen molar-refractivity contribution in [2.24, 2.45) is 16.3 Å². The van der Waals surface area contributed by atoms with Crippen LogP contribution in [0.2, 0.25) is 0 Å². The highest BCUT2D eigenvalue weighted by molar-refractivity contribution is 5.80. The fourth-order valence-corrected chi connectivity index (χ4v) is 3.71. The molecule has 0 bridgehead atoms. The third kappa shape index (κ3) is 4.87. The fraction of sp³-hybridized carbons (Fsp3) is 0.941. The number of aliphatic imine (C=N–C) groups is 1. The van der Waals surface area contributed by atoms with E-state index in [1.54, 1.807) is 7.11 Å². The van der Waals surface area contributed by atoms with E-state index >= 15 is 0 Å². The Hall–Kier alpha value is -0.770. The molecule has 2 aliphatic rings. The molecular formula is C17H33N3O. The van der Waals surface area contributed by atoms with Crippen LogP contribution in [0.4, 0.5) is 0 Å². The number of guanidine groups is 1. The molecule has 2 N–H and O–H groups in total. The summed E-state index contributed by atoms with van der Waals surface area (Å²) in [7, 11) is 3.68. The first-order chi connectivity index (χ1) is 10.2. The summed E-state index contributed by atoms with van der Waals surface area (Å²) in [6.45, 7) is 4.16. The highest BCUT2D eigenvalue weighted by Gasteiger charge is 2.37. The third-order valence-electron chi connectivity index (χ3n) is 5.26. The van der Waals surface area contributed by atoms with Crippen LogP contribution in [0.1, 0.15) is 58.3 Å². The van der Waals surface area contributed by atoms with Crippen LogP contribution in [0.15, 0.2) is 4.99 Å². The van der Waals surface area contributed by atoms with Gasteiger partial charge in [0, 0.05) is 33.4 Å². The summed E-state index contributed by atoms with van der Waals surface area (Å²) in [5.41, 5.74) is 0.417. The predicted octanol–water partition coefficient (Wildman–Crippen LogP) is 2.94. The van der Waals surface area contributed by atoms with Gasteiger partial charge in [-0.1, -0.05) is 26.2 Å². The van der Waals surface area contributed by atoms with E-state index in [1.807, 2.05) is 7.05 Å². The minimum absolute atomic E-state index is 0.417. The first-order valence-electron chi connectivity index (χ1n) is 8.69. The van der Waals surface area contributed by atoms with Crippen LogP contribution in [-0.4, -0.2) is 39.3 Å².